The molecule has 0 saturated carbocycles. The molecule has 0 radical (unpaired) electrons. The molecule has 2 amide bonds. The van der Waals surface area contributed by atoms with Crippen LogP contribution < -0.4 is 14.8 Å². The molecule has 3 aromatic heterocycles. The topological polar surface area (TPSA) is 141 Å². The van der Waals surface area contributed by atoms with Crippen LogP contribution in [0.1, 0.15) is 11.1 Å². The Morgan fingerprint density at radius 1 is 1.04 bits per heavy atom. The first-order chi connectivity index (χ1) is 22.1. The number of hydrogen-bond donors (Lipinski definition) is 2. The van der Waals surface area contributed by atoms with Gasteiger partial charge in [0.15, 0.2) is 11.6 Å². The predicted octanol–water partition coefficient (Wildman–Crippen LogP) is 7.44. The van der Waals surface area contributed by atoms with Crippen LogP contribution in [0.3, 0.4) is 0 Å². The van der Waals surface area contributed by atoms with E-state index in [4.69, 9.17) is 18.7 Å². The number of carbonyl (C=O) groups excluding carboxylic acids is 1. The number of rotatable bonds is 10. The number of carboxylic acid groups (broad SMARTS) is 1. The fraction of sp³-hybridized carbons (Fsp3) is 0.273. The average molecular weight is 642 g/mol. The fourth-order valence-electron chi connectivity index (χ4n) is 5.17. The molecule has 0 atom stereocenters. The van der Waals surface area contributed by atoms with Gasteiger partial charge in [-0.1, -0.05) is 49.1 Å². The molecule has 0 aliphatic carbocycles. The summed E-state index contributed by atoms with van der Waals surface area (Å²) >= 11 is 0. The third-order valence-corrected chi connectivity index (χ3v) is 9.30. The summed E-state index contributed by atoms with van der Waals surface area (Å²) in [7, 11) is -1.28. The van der Waals surface area contributed by atoms with Crippen LogP contribution in [-0.4, -0.2) is 58.1 Å². The molecule has 0 unspecified atom stereocenters. The Labute approximate surface area is 266 Å². The summed E-state index contributed by atoms with van der Waals surface area (Å²) in [6.45, 7) is 8.56. The monoisotopic (exact) mass is 641 g/mol. The molecule has 1 aliphatic heterocycles. The summed E-state index contributed by atoms with van der Waals surface area (Å²) in [6, 6.07) is 18.8. The Morgan fingerprint density at radius 2 is 1.87 bits per heavy atom. The van der Waals surface area contributed by atoms with E-state index in [2.05, 4.69) is 35.1 Å². The molecule has 0 bridgehead atoms. The van der Waals surface area contributed by atoms with E-state index in [1.54, 1.807) is 42.6 Å². The zero-order chi connectivity index (χ0) is 32.3. The van der Waals surface area contributed by atoms with Crippen molar-refractivity contribution in [1.29, 1.82) is 0 Å². The third-order valence-electron chi connectivity index (χ3n) is 7.59. The zero-order valence-electron chi connectivity index (χ0n) is 25.9. The molecule has 46 heavy (non-hydrogen) atoms. The van der Waals surface area contributed by atoms with Gasteiger partial charge in [-0.05, 0) is 53.9 Å². The third kappa shape index (κ3) is 7.21. The van der Waals surface area contributed by atoms with Crippen molar-refractivity contribution in [2.45, 2.75) is 45.4 Å². The van der Waals surface area contributed by atoms with E-state index in [9.17, 15) is 14.7 Å². The van der Waals surface area contributed by atoms with Gasteiger partial charge in [-0.25, -0.2) is 14.6 Å². The lowest BCUT2D eigenvalue weighted by Gasteiger charge is -2.26. The highest BCUT2D eigenvalue weighted by molar-refractivity contribution is 6.76. The standard InChI is InChI=1S/C33H35N5O7Si/c1-46(2,3)16-15-42-21-38-20-26(28-18-29(36-45-28)35-32(39)44-24-7-5-4-6-8-24)30-27(11-13-34-31(30)38)43-25-10-9-22-12-14-37(33(40)41)19-23(22)17-25/h4-11,13,17-18,20H,12,14-16,19,21H2,1-3H3,(H,40,41)(H,35,36,39). The summed E-state index contributed by atoms with van der Waals surface area (Å²) in [5.74, 6) is 2.02. The Balaban J connectivity index is 1.30. The molecule has 5 aromatic rings. The van der Waals surface area contributed by atoms with Gasteiger partial charge in [0.2, 0.25) is 0 Å². The van der Waals surface area contributed by atoms with E-state index in [1.807, 2.05) is 35.0 Å². The number of anilines is 1. The quantitative estimate of drug-likeness (QED) is 0.118. The van der Waals surface area contributed by atoms with Crippen molar-refractivity contribution in [1.82, 2.24) is 19.6 Å². The molecular weight excluding hydrogens is 606 g/mol. The lowest BCUT2D eigenvalue weighted by atomic mass is 10.00. The number of para-hydroxylation sites is 1. The molecule has 0 spiro atoms. The van der Waals surface area contributed by atoms with Crippen LogP contribution in [0, 0.1) is 0 Å². The molecule has 0 saturated heterocycles. The minimum absolute atomic E-state index is 0.173. The first-order valence-corrected chi connectivity index (χ1v) is 18.7. The summed E-state index contributed by atoms with van der Waals surface area (Å²) in [4.78, 5) is 30.1. The molecule has 2 aromatic carbocycles. The van der Waals surface area contributed by atoms with Crippen molar-refractivity contribution in [3.05, 3.63) is 84.2 Å². The highest BCUT2D eigenvalue weighted by Crippen LogP contribution is 2.39. The van der Waals surface area contributed by atoms with Gasteiger partial charge in [0.1, 0.15) is 29.6 Å². The summed E-state index contributed by atoms with van der Waals surface area (Å²) in [5, 5.41) is 16.8. The Morgan fingerprint density at radius 3 is 2.65 bits per heavy atom. The number of nitrogens with one attached hydrogen (secondary N) is 1. The van der Waals surface area contributed by atoms with Crippen LogP contribution >= 0.6 is 0 Å². The average Bonchev–Trinajstić information content (AvgIpc) is 3.64. The minimum Gasteiger partial charge on any atom is -0.465 e. The smallest absolute Gasteiger partial charge is 0.418 e. The molecule has 1 aliphatic rings. The van der Waals surface area contributed by atoms with Crippen molar-refractivity contribution < 1.29 is 33.4 Å². The molecule has 0 fully saturated rings. The normalized spacial score (nSPS) is 13.0. The lowest BCUT2D eigenvalue weighted by molar-refractivity contribution is 0.0899. The second-order valence-electron chi connectivity index (χ2n) is 12.3. The first kappa shape index (κ1) is 30.9. The first-order valence-electron chi connectivity index (χ1n) is 15.0. The lowest BCUT2D eigenvalue weighted by Crippen LogP contribution is -2.34. The maximum atomic E-state index is 12.5. The molecule has 12 nitrogen and oxygen atoms in total. The van der Waals surface area contributed by atoms with Crippen molar-refractivity contribution in [2.24, 2.45) is 0 Å². The fourth-order valence-corrected chi connectivity index (χ4v) is 5.93. The zero-order valence-corrected chi connectivity index (χ0v) is 26.9. The second-order valence-corrected chi connectivity index (χ2v) is 17.9. The molecule has 238 valence electrons. The summed E-state index contributed by atoms with van der Waals surface area (Å²) in [6.07, 6.45) is 2.53. The van der Waals surface area contributed by atoms with E-state index in [-0.39, 0.29) is 12.5 Å². The number of aromatic nitrogens is 3. The minimum atomic E-state index is -1.28. The van der Waals surface area contributed by atoms with Crippen LogP contribution in [0.2, 0.25) is 25.7 Å². The Hall–Kier alpha value is -5.14. The molecule has 2 N–H and O–H groups in total. The summed E-state index contributed by atoms with van der Waals surface area (Å²) in [5.41, 5.74) is 3.25. The largest absolute Gasteiger partial charge is 0.465 e. The van der Waals surface area contributed by atoms with Crippen LogP contribution in [0.4, 0.5) is 15.4 Å². The molecular formula is C33H35N5O7Si. The highest BCUT2D eigenvalue weighted by atomic mass is 28.3. The number of fused-ring (bicyclic) bond motifs is 2. The number of pyridine rings is 1. The van der Waals surface area contributed by atoms with Crippen molar-refractivity contribution in [3.8, 4) is 28.6 Å². The van der Waals surface area contributed by atoms with Gasteiger partial charge in [-0.3, -0.25) is 5.32 Å². The van der Waals surface area contributed by atoms with Gasteiger partial charge in [0, 0.05) is 46.2 Å². The van der Waals surface area contributed by atoms with E-state index < -0.39 is 20.3 Å². The van der Waals surface area contributed by atoms with Crippen LogP contribution in [0.15, 0.2) is 77.6 Å². The highest BCUT2D eigenvalue weighted by Gasteiger charge is 2.23. The number of ether oxygens (including phenoxy) is 3. The Bertz CT molecular complexity index is 1870. The predicted molar refractivity (Wildman–Crippen MR) is 174 cm³/mol. The van der Waals surface area contributed by atoms with Crippen LogP contribution in [0.25, 0.3) is 22.4 Å². The van der Waals surface area contributed by atoms with Gasteiger partial charge in [-0.15, -0.1) is 0 Å². The Kier molecular flexibility index (Phi) is 8.77. The van der Waals surface area contributed by atoms with Crippen molar-refractivity contribution in [3.63, 3.8) is 0 Å². The van der Waals surface area contributed by atoms with Crippen molar-refractivity contribution in [2.75, 3.05) is 18.5 Å². The number of nitrogens with zero attached hydrogens (tertiary/aromatic N) is 4. The number of hydrogen-bond acceptors (Lipinski definition) is 8. The molecule has 6 rings (SSSR count). The number of benzene rings is 2. The van der Waals surface area contributed by atoms with Gasteiger partial charge in [0.05, 0.1) is 10.9 Å². The van der Waals surface area contributed by atoms with Crippen LogP contribution in [0.5, 0.6) is 17.2 Å². The second kappa shape index (κ2) is 13.1. The van der Waals surface area contributed by atoms with Crippen molar-refractivity contribution >= 4 is 37.1 Å². The SMILES string of the molecule is C[Si](C)(C)CCOCn1cc(-c2cc(NC(=O)Oc3ccccc3)no2)c2c(Oc3ccc4c(c3)CN(C(=O)O)CC4)ccnc21. The van der Waals surface area contributed by atoms with E-state index in [0.717, 1.165) is 17.2 Å². The van der Waals surface area contributed by atoms with E-state index in [0.29, 0.717) is 65.7 Å². The van der Waals surface area contributed by atoms with Gasteiger partial charge in [-0.2, -0.15) is 0 Å². The number of carbonyl (C=O) groups is 2. The number of amides is 2. The van der Waals surface area contributed by atoms with Gasteiger partial charge in [0.25, 0.3) is 0 Å². The van der Waals surface area contributed by atoms with Crippen LogP contribution in [-0.2, 0) is 24.4 Å². The van der Waals surface area contributed by atoms with E-state index >= 15 is 0 Å². The van der Waals surface area contributed by atoms with Gasteiger partial charge >= 0.3 is 12.2 Å². The van der Waals surface area contributed by atoms with E-state index in [1.165, 1.54) is 4.90 Å². The van der Waals surface area contributed by atoms with Gasteiger partial charge < -0.3 is 33.3 Å². The maximum absolute atomic E-state index is 12.5. The molecule has 4 heterocycles. The maximum Gasteiger partial charge on any atom is 0.418 e. The summed E-state index contributed by atoms with van der Waals surface area (Å²) < 4.78 is 25.4. The molecule has 13 heteroatoms.